The molecule has 0 aliphatic carbocycles. The van der Waals surface area contributed by atoms with Crippen molar-refractivity contribution in [3.8, 4) is 0 Å². The fraction of sp³-hybridized carbons (Fsp3) is 0.833. The number of hydrogen-bond acceptors (Lipinski definition) is 5. The second kappa shape index (κ2) is 5.14. The monoisotopic (exact) mass is 236 g/mol. The van der Waals surface area contributed by atoms with Crippen LogP contribution in [-0.4, -0.2) is 36.3 Å². The standard InChI is InChI=1S/C12H20N4O/c1-4-14-8-9(1)7-11-15-12(17-16-11)10-2-5-13-6-3-10/h9-10,13-14H,1-8H2. The van der Waals surface area contributed by atoms with Gasteiger partial charge >= 0.3 is 0 Å². The molecule has 3 heterocycles. The van der Waals surface area contributed by atoms with Gasteiger partial charge in [0.1, 0.15) is 0 Å². The number of hydrogen-bond donors (Lipinski definition) is 2. The highest BCUT2D eigenvalue weighted by Crippen LogP contribution is 2.24. The van der Waals surface area contributed by atoms with Gasteiger partial charge in [-0.3, -0.25) is 0 Å². The summed E-state index contributed by atoms with van der Waals surface area (Å²) in [4.78, 5) is 4.56. The first-order chi connectivity index (χ1) is 8.42. The van der Waals surface area contributed by atoms with E-state index in [4.69, 9.17) is 4.52 Å². The fourth-order valence-electron chi connectivity index (χ4n) is 2.73. The molecule has 2 saturated heterocycles. The quantitative estimate of drug-likeness (QED) is 0.808. The van der Waals surface area contributed by atoms with Gasteiger partial charge < -0.3 is 15.2 Å². The van der Waals surface area contributed by atoms with Gasteiger partial charge in [0.25, 0.3) is 0 Å². The van der Waals surface area contributed by atoms with Crippen molar-refractivity contribution in [2.75, 3.05) is 26.2 Å². The van der Waals surface area contributed by atoms with E-state index in [-0.39, 0.29) is 0 Å². The Balaban J connectivity index is 1.60. The van der Waals surface area contributed by atoms with E-state index in [0.717, 1.165) is 57.2 Å². The Morgan fingerprint density at radius 1 is 1.12 bits per heavy atom. The van der Waals surface area contributed by atoms with Crippen molar-refractivity contribution in [1.82, 2.24) is 20.8 Å². The molecule has 1 atom stereocenters. The summed E-state index contributed by atoms with van der Waals surface area (Å²) in [6, 6.07) is 0. The molecule has 2 fully saturated rings. The summed E-state index contributed by atoms with van der Waals surface area (Å²) >= 11 is 0. The number of piperidine rings is 1. The molecule has 5 heteroatoms. The molecule has 1 unspecified atom stereocenters. The van der Waals surface area contributed by atoms with Crippen LogP contribution in [0, 0.1) is 5.92 Å². The Kier molecular flexibility index (Phi) is 3.38. The van der Waals surface area contributed by atoms with Gasteiger partial charge in [0.15, 0.2) is 5.82 Å². The minimum absolute atomic E-state index is 0.471. The number of nitrogens with zero attached hydrogens (tertiary/aromatic N) is 2. The molecule has 1 aromatic rings. The largest absolute Gasteiger partial charge is 0.339 e. The van der Waals surface area contributed by atoms with E-state index in [0.29, 0.717) is 11.8 Å². The maximum atomic E-state index is 5.41. The highest BCUT2D eigenvalue weighted by atomic mass is 16.5. The summed E-state index contributed by atoms with van der Waals surface area (Å²) in [5, 5.41) is 10.8. The first-order valence-corrected chi connectivity index (χ1v) is 6.66. The first-order valence-electron chi connectivity index (χ1n) is 6.66. The third-order valence-corrected chi connectivity index (χ3v) is 3.81. The van der Waals surface area contributed by atoms with Crippen LogP contribution in [0.5, 0.6) is 0 Å². The zero-order valence-electron chi connectivity index (χ0n) is 10.1. The number of aromatic nitrogens is 2. The zero-order chi connectivity index (χ0) is 11.5. The third kappa shape index (κ3) is 2.66. The molecule has 0 radical (unpaired) electrons. The van der Waals surface area contributed by atoms with Crippen molar-refractivity contribution in [2.45, 2.75) is 31.6 Å². The topological polar surface area (TPSA) is 63.0 Å². The van der Waals surface area contributed by atoms with E-state index >= 15 is 0 Å². The van der Waals surface area contributed by atoms with Gasteiger partial charge in [0, 0.05) is 12.3 Å². The molecule has 1 aromatic heterocycles. The van der Waals surface area contributed by atoms with Crippen molar-refractivity contribution in [1.29, 1.82) is 0 Å². The summed E-state index contributed by atoms with van der Waals surface area (Å²) in [5.74, 6) is 2.91. The van der Waals surface area contributed by atoms with Gasteiger partial charge in [0.05, 0.1) is 0 Å². The van der Waals surface area contributed by atoms with Crippen LogP contribution >= 0.6 is 0 Å². The van der Waals surface area contributed by atoms with Gasteiger partial charge in [-0.15, -0.1) is 0 Å². The predicted molar refractivity (Wildman–Crippen MR) is 63.8 cm³/mol. The highest BCUT2D eigenvalue weighted by molar-refractivity contribution is 4.97. The molecule has 94 valence electrons. The van der Waals surface area contributed by atoms with Crippen LogP contribution in [-0.2, 0) is 6.42 Å². The summed E-state index contributed by atoms with van der Waals surface area (Å²) < 4.78 is 5.41. The van der Waals surface area contributed by atoms with E-state index in [1.807, 2.05) is 0 Å². The maximum absolute atomic E-state index is 5.41. The normalized spacial score (nSPS) is 26.5. The van der Waals surface area contributed by atoms with E-state index in [2.05, 4.69) is 20.8 Å². The van der Waals surface area contributed by atoms with Crippen LogP contribution in [0.4, 0.5) is 0 Å². The second-order valence-corrected chi connectivity index (χ2v) is 5.14. The van der Waals surface area contributed by atoms with Crippen molar-refractivity contribution < 1.29 is 4.52 Å². The van der Waals surface area contributed by atoms with Crippen LogP contribution in [0.2, 0.25) is 0 Å². The molecule has 2 aliphatic heterocycles. The maximum Gasteiger partial charge on any atom is 0.229 e. The lowest BCUT2D eigenvalue weighted by Gasteiger charge is -2.18. The summed E-state index contributed by atoms with van der Waals surface area (Å²) in [7, 11) is 0. The summed E-state index contributed by atoms with van der Waals surface area (Å²) in [6.45, 7) is 4.35. The minimum atomic E-state index is 0.471. The van der Waals surface area contributed by atoms with Crippen molar-refractivity contribution in [3.05, 3.63) is 11.7 Å². The Bertz CT molecular complexity index is 353. The molecule has 5 nitrogen and oxygen atoms in total. The Morgan fingerprint density at radius 3 is 2.71 bits per heavy atom. The van der Waals surface area contributed by atoms with Crippen LogP contribution in [0.1, 0.15) is 36.9 Å². The van der Waals surface area contributed by atoms with Crippen LogP contribution in [0.15, 0.2) is 4.52 Å². The number of rotatable bonds is 3. The van der Waals surface area contributed by atoms with Crippen molar-refractivity contribution >= 4 is 0 Å². The first kappa shape index (κ1) is 11.2. The Morgan fingerprint density at radius 2 is 1.94 bits per heavy atom. The Labute approximate surface area is 101 Å². The average molecular weight is 236 g/mol. The number of nitrogens with one attached hydrogen (secondary N) is 2. The molecular weight excluding hydrogens is 216 g/mol. The van der Waals surface area contributed by atoms with Crippen LogP contribution < -0.4 is 10.6 Å². The smallest absolute Gasteiger partial charge is 0.229 e. The van der Waals surface area contributed by atoms with Crippen molar-refractivity contribution in [2.24, 2.45) is 5.92 Å². The molecular formula is C12H20N4O. The second-order valence-electron chi connectivity index (χ2n) is 5.14. The molecule has 17 heavy (non-hydrogen) atoms. The van der Waals surface area contributed by atoms with Crippen molar-refractivity contribution in [3.63, 3.8) is 0 Å². The molecule has 0 spiro atoms. The summed E-state index contributed by atoms with van der Waals surface area (Å²) in [5.41, 5.74) is 0. The Hall–Kier alpha value is -0.940. The van der Waals surface area contributed by atoms with E-state index in [1.54, 1.807) is 0 Å². The van der Waals surface area contributed by atoms with Crippen LogP contribution in [0.3, 0.4) is 0 Å². The average Bonchev–Trinajstić information content (AvgIpc) is 3.02. The van der Waals surface area contributed by atoms with E-state index < -0.39 is 0 Å². The van der Waals surface area contributed by atoms with Gasteiger partial charge in [0.2, 0.25) is 5.89 Å². The third-order valence-electron chi connectivity index (χ3n) is 3.81. The lowest BCUT2D eigenvalue weighted by Crippen LogP contribution is -2.26. The lowest BCUT2D eigenvalue weighted by molar-refractivity contribution is 0.317. The minimum Gasteiger partial charge on any atom is -0.339 e. The molecule has 0 saturated carbocycles. The van der Waals surface area contributed by atoms with Gasteiger partial charge in [-0.1, -0.05) is 5.16 Å². The van der Waals surface area contributed by atoms with Gasteiger partial charge in [-0.05, 0) is 51.4 Å². The fourth-order valence-corrected chi connectivity index (χ4v) is 2.73. The zero-order valence-corrected chi connectivity index (χ0v) is 10.1. The van der Waals surface area contributed by atoms with Gasteiger partial charge in [-0.2, -0.15) is 4.98 Å². The molecule has 3 rings (SSSR count). The summed E-state index contributed by atoms with van der Waals surface area (Å²) in [6.07, 6.45) is 4.43. The lowest BCUT2D eigenvalue weighted by atomic mass is 9.98. The SMILES string of the molecule is C1CC(c2nc(CC3CCNC3)no2)CCN1. The molecule has 0 bridgehead atoms. The highest BCUT2D eigenvalue weighted by Gasteiger charge is 2.23. The molecule has 0 amide bonds. The van der Waals surface area contributed by atoms with E-state index in [9.17, 15) is 0 Å². The van der Waals surface area contributed by atoms with Gasteiger partial charge in [-0.25, -0.2) is 0 Å². The van der Waals surface area contributed by atoms with Crippen LogP contribution in [0.25, 0.3) is 0 Å². The molecule has 2 N–H and O–H groups in total. The van der Waals surface area contributed by atoms with E-state index in [1.165, 1.54) is 6.42 Å². The molecule has 0 aromatic carbocycles. The predicted octanol–water partition coefficient (Wildman–Crippen LogP) is 0.689. The molecule has 2 aliphatic rings.